The van der Waals surface area contributed by atoms with Crippen LogP contribution < -0.4 is 5.32 Å². The lowest BCUT2D eigenvalue weighted by atomic mass is 9.77. The molecule has 3 unspecified atom stereocenters. The van der Waals surface area contributed by atoms with Crippen LogP contribution in [-0.4, -0.2) is 6.61 Å². The highest BCUT2D eigenvalue weighted by atomic mass is 35.5. The Morgan fingerprint density at radius 3 is 2.95 bits per heavy atom. The fourth-order valence-electron chi connectivity index (χ4n) is 3.67. The van der Waals surface area contributed by atoms with Crippen molar-refractivity contribution in [3.63, 3.8) is 0 Å². The molecule has 0 radical (unpaired) electrons. The van der Waals surface area contributed by atoms with Crippen molar-refractivity contribution in [1.82, 2.24) is 0 Å². The predicted octanol–water partition coefficient (Wildman–Crippen LogP) is 5.11. The molecule has 22 heavy (non-hydrogen) atoms. The van der Waals surface area contributed by atoms with Crippen LogP contribution in [0, 0.1) is 11.7 Å². The number of rotatable bonds is 1. The minimum absolute atomic E-state index is 0.0250. The van der Waals surface area contributed by atoms with E-state index < -0.39 is 0 Å². The Morgan fingerprint density at radius 2 is 2.09 bits per heavy atom. The third-order valence-corrected chi connectivity index (χ3v) is 4.87. The highest BCUT2D eigenvalue weighted by Crippen LogP contribution is 2.49. The summed E-state index contributed by atoms with van der Waals surface area (Å²) in [5.41, 5.74) is 3.12. The Labute approximate surface area is 134 Å². The molecule has 2 aliphatic heterocycles. The first-order chi connectivity index (χ1) is 10.7. The molecule has 2 aromatic rings. The van der Waals surface area contributed by atoms with Gasteiger partial charge in [-0.05, 0) is 48.7 Å². The molecule has 114 valence electrons. The molecule has 0 aromatic heterocycles. The minimum atomic E-state index is -0.200. The highest BCUT2D eigenvalue weighted by molar-refractivity contribution is 6.30. The Balaban J connectivity index is 1.79. The standard InChI is InChI=1S/C18H17ClFNO/c19-12-6-7-16-15(10-12)18-14(5-2-8-22-18)17(21-16)11-3-1-4-13(20)9-11/h1,3-4,6-7,9-10,14,17-18,21H,2,5,8H2. The van der Waals surface area contributed by atoms with Gasteiger partial charge in [-0.15, -0.1) is 0 Å². The first-order valence-corrected chi connectivity index (χ1v) is 8.03. The Morgan fingerprint density at radius 1 is 1.18 bits per heavy atom. The van der Waals surface area contributed by atoms with Gasteiger partial charge in [-0.25, -0.2) is 4.39 Å². The fourth-order valence-corrected chi connectivity index (χ4v) is 3.85. The molecule has 2 nitrogen and oxygen atoms in total. The van der Waals surface area contributed by atoms with Crippen LogP contribution in [0.5, 0.6) is 0 Å². The lowest BCUT2D eigenvalue weighted by Crippen LogP contribution is -2.36. The monoisotopic (exact) mass is 317 g/mol. The molecule has 0 aliphatic carbocycles. The number of hydrogen-bond acceptors (Lipinski definition) is 2. The van der Waals surface area contributed by atoms with E-state index in [-0.39, 0.29) is 18.0 Å². The van der Waals surface area contributed by atoms with Crippen LogP contribution in [0.2, 0.25) is 5.02 Å². The van der Waals surface area contributed by atoms with Crippen LogP contribution in [0.1, 0.15) is 36.1 Å². The molecule has 0 saturated carbocycles. The molecular formula is C18H17ClFNO. The smallest absolute Gasteiger partial charge is 0.123 e. The first-order valence-electron chi connectivity index (χ1n) is 7.65. The van der Waals surface area contributed by atoms with Crippen molar-refractivity contribution in [2.45, 2.75) is 25.0 Å². The summed E-state index contributed by atoms with van der Waals surface area (Å²) in [5, 5.41) is 4.28. The van der Waals surface area contributed by atoms with E-state index in [2.05, 4.69) is 5.32 Å². The van der Waals surface area contributed by atoms with Gasteiger partial charge in [0.25, 0.3) is 0 Å². The molecule has 1 fully saturated rings. The summed E-state index contributed by atoms with van der Waals surface area (Å²) in [6, 6.07) is 12.7. The molecular weight excluding hydrogens is 301 g/mol. The largest absolute Gasteiger partial charge is 0.378 e. The molecule has 1 N–H and O–H groups in total. The van der Waals surface area contributed by atoms with Gasteiger partial charge in [0.15, 0.2) is 0 Å². The van der Waals surface area contributed by atoms with E-state index in [0.29, 0.717) is 5.92 Å². The number of hydrogen-bond donors (Lipinski definition) is 1. The van der Waals surface area contributed by atoms with E-state index in [4.69, 9.17) is 16.3 Å². The average molecular weight is 318 g/mol. The van der Waals surface area contributed by atoms with Crippen molar-refractivity contribution in [3.8, 4) is 0 Å². The first kappa shape index (κ1) is 14.0. The fraction of sp³-hybridized carbons (Fsp3) is 0.333. The van der Waals surface area contributed by atoms with E-state index >= 15 is 0 Å². The third-order valence-electron chi connectivity index (χ3n) is 4.64. The summed E-state index contributed by atoms with van der Waals surface area (Å²) in [7, 11) is 0. The lowest BCUT2D eigenvalue weighted by molar-refractivity contribution is -0.0381. The SMILES string of the molecule is Fc1cccc(C2Nc3ccc(Cl)cc3C3OCCCC23)c1. The molecule has 0 spiro atoms. The molecule has 0 amide bonds. The Hall–Kier alpha value is -1.58. The van der Waals surface area contributed by atoms with Gasteiger partial charge in [0.1, 0.15) is 5.82 Å². The summed E-state index contributed by atoms with van der Waals surface area (Å²) in [6.45, 7) is 0.767. The number of fused-ring (bicyclic) bond motifs is 3. The molecule has 3 atom stereocenters. The van der Waals surface area contributed by atoms with Gasteiger partial charge < -0.3 is 10.1 Å². The zero-order valence-electron chi connectivity index (χ0n) is 12.1. The zero-order chi connectivity index (χ0) is 15.1. The van der Waals surface area contributed by atoms with E-state index in [9.17, 15) is 4.39 Å². The van der Waals surface area contributed by atoms with E-state index in [1.165, 1.54) is 6.07 Å². The van der Waals surface area contributed by atoms with Crippen LogP contribution in [0.4, 0.5) is 10.1 Å². The van der Waals surface area contributed by atoms with Gasteiger partial charge >= 0.3 is 0 Å². The van der Waals surface area contributed by atoms with Crippen LogP contribution >= 0.6 is 11.6 Å². The van der Waals surface area contributed by atoms with Crippen LogP contribution in [0.25, 0.3) is 0 Å². The van der Waals surface area contributed by atoms with Gasteiger partial charge in [0.05, 0.1) is 12.1 Å². The predicted molar refractivity (Wildman–Crippen MR) is 85.6 cm³/mol. The molecule has 4 rings (SSSR count). The van der Waals surface area contributed by atoms with Crippen molar-refractivity contribution in [2.24, 2.45) is 5.92 Å². The van der Waals surface area contributed by atoms with Gasteiger partial charge in [-0.1, -0.05) is 23.7 Å². The molecule has 2 aromatic carbocycles. The number of ether oxygens (including phenoxy) is 1. The second-order valence-electron chi connectivity index (χ2n) is 6.01. The average Bonchev–Trinajstić information content (AvgIpc) is 2.54. The maximum absolute atomic E-state index is 13.6. The molecule has 4 heteroatoms. The minimum Gasteiger partial charge on any atom is -0.378 e. The molecule has 2 heterocycles. The third kappa shape index (κ3) is 2.38. The topological polar surface area (TPSA) is 21.3 Å². The van der Waals surface area contributed by atoms with Crippen LogP contribution in [-0.2, 0) is 4.74 Å². The normalized spacial score (nSPS) is 26.7. The summed E-state index contributed by atoms with van der Waals surface area (Å²) < 4.78 is 19.7. The molecule has 2 aliphatic rings. The summed E-state index contributed by atoms with van der Waals surface area (Å²) >= 11 is 6.15. The number of nitrogens with one attached hydrogen (secondary N) is 1. The van der Waals surface area contributed by atoms with Crippen molar-refractivity contribution in [2.75, 3.05) is 11.9 Å². The second-order valence-corrected chi connectivity index (χ2v) is 6.44. The van der Waals surface area contributed by atoms with Crippen molar-refractivity contribution in [1.29, 1.82) is 0 Å². The second kappa shape index (κ2) is 5.56. The van der Waals surface area contributed by atoms with Crippen molar-refractivity contribution < 1.29 is 9.13 Å². The lowest BCUT2D eigenvalue weighted by Gasteiger charge is -2.43. The summed E-state index contributed by atoms with van der Waals surface area (Å²) in [4.78, 5) is 0. The maximum Gasteiger partial charge on any atom is 0.123 e. The number of anilines is 1. The van der Waals surface area contributed by atoms with E-state index in [1.807, 2.05) is 24.3 Å². The highest BCUT2D eigenvalue weighted by Gasteiger charge is 2.39. The number of benzene rings is 2. The van der Waals surface area contributed by atoms with Crippen LogP contribution in [0.15, 0.2) is 42.5 Å². The molecule has 0 bridgehead atoms. The van der Waals surface area contributed by atoms with Gasteiger partial charge in [0, 0.05) is 28.8 Å². The van der Waals surface area contributed by atoms with Crippen molar-refractivity contribution >= 4 is 17.3 Å². The quantitative estimate of drug-likeness (QED) is 0.788. The summed E-state index contributed by atoms with van der Waals surface area (Å²) in [5.74, 6) is 0.0935. The zero-order valence-corrected chi connectivity index (χ0v) is 12.8. The summed E-state index contributed by atoms with van der Waals surface area (Å²) in [6.07, 6.45) is 2.12. The van der Waals surface area contributed by atoms with Gasteiger partial charge in [0.2, 0.25) is 0 Å². The van der Waals surface area contributed by atoms with Gasteiger partial charge in [-0.3, -0.25) is 0 Å². The maximum atomic E-state index is 13.6. The van der Waals surface area contributed by atoms with Gasteiger partial charge in [-0.2, -0.15) is 0 Å². The Bertz CT molecular complexity index is 705. The van der Waals surface area contributed by atoms with E-state index in [0.717, 1.165) is 41.3 Å². The van der Waals surface area contributed by atoms with Crippen molar-refractivity contribution in [3.05, 3.63) is 64.4 Å². The molecule has 1 saturated heterocycles. The Kier molecular flexibility index (Phi) is 3.55. The van der Waals surface area contributed by atoms with Crippen LogP contribution in [0.3, 0.4) is 0 Å². The van der Waals surface area contributed by atoms with E-state index in [1.54, 1.807) is 12.1 Å². The number of halogens is 2.